The van der Waals surface area contributed by atoms with E-state index in [4.69, 9.17) is 10.5 Å². The zero-order valence-electron chi connectivity index (χ0n) is 13.1. The highest BCUT2D eigenvalue weighted by atomic mass is 16.3. The van der Waals surface area contributed by atoms with Crippen LogP contribution in [0.5, 0.6) is 0 Å². The molecular weight excluding hydrogens is 264 g/mol. The molecule has 2 saturated carbocycles. The second-order valence-electron chi connectivity index (χ2n) is 7.66. The third kappa shape index (κ3) is 3.23. The maximum absolute atomic E-state index is 10.0. The Hall–Kier alpha value is -1.10. The Morgan fingerprint density at radius 2 is 1.10 bits per heavy atom. The van der Waals surface area contributed by atoms with Gasteiger partial charge in [-0.05, 0) is 68.6 Å². The van der Waals surface area contributed by atoms with Crippen molar-refractivity contribution in [2.45, 2.75) is 76.4 Å². The van der Waals surface area contributed by atoms with Crippen molar-refractivity contribution in [3.8, 4) is 12.1 Å². The van der Waals surface area contributed by atoms with Crippen molar-refractivity contribution in [2.75, 3.05) is 0 Å². The smallest absolute Gasteiger partial charge is 0.151 e. The van der Waals surface area contributed by atoms with Gasteiger partial charge in [0.05, 0.1) is 12.1 Å². The minimum absolute atomic E-state index is 0.133. The Morgan fingerprint density at radius 1 is 0.810 bits per heavy atom. The van der Waals surface area contributed by atoms with Crippen LogP contribution in [0.3, 0.4) is 0 Å². The lowest BCUT2D eigenvalue weighted by molar-refractivity contribution is -0.0319. The summed E-state index contributed by atoms with van der Waals surface area (Å²) in [5.41, 5.74) is -2.12. The lowest BCUT2D eigenvalue weighted by Crippen LogP contribution is -2.43. The number of rotatable bonds is 2. The van der Waals surface area contributed by atoms with E-state index in [0.29, 0.717) is 37.5 Å². The molecule has 0 unspecified atom stereocenters. The Morgan fingerprint density at radius 3 is 1.33 bits per heavy atom. The van der Waals surface area contributed by atoms with Crippen LogP contribution in [0.25, 0.3) is 0 Å². The maximum atomic E-state index is 10.0. The van der Waals surface area contributed by atoms with Crippen LogP contribution in [0.15, 0.2) is 0 Å². The summed E-state index contributed by atoms with van der Waals surface area (Å²) >= 11 is 0. The third-order valence-electron chi connectivity index (χ3n) is 6.15. The van der Waals surface area contributed by atoms with Gasteiger partial charge in [-0.25, -0.2) is 0 Å². The quantitative estimate of drug-likeness (QED) is 0.765. The molecule has 0 saturated heterocycles. The largest absolute Gasteiger partial charge is 0.375 e. The van der Waals surface area contributed by atoms with Gasteiger partial charge in [-0.15, -0.1) is 0 Å². The Balaban J connectivity index is 1.98. The minimum Gasteiger partial charge on any atom is -0.375 e. The van der Waals surface area contributed by atoms with Crippen molar-refractivity contribution in [3.63, 3.8) is 0 Å². The first-order chi connectivity index (χ1) is 9.75. The molecule has 0 amide bonds. The van der Waals surface area contributed by atoms with Gasteiger partial charge in [-0.1, -0.05) is 13.8 Å². The average Bonchev–Trinajstić information content (AvgIpc) is 2.48. The Labute approximate surface area is 127 Å². The molecule has 0 aromatic heterocycles. The monoisotopic (exact) mass is 290 g/mol. The van der Waals surface area contributed by atoms with E-state index in [1.165, 1.54) is 0 Å². The summed E-state index contributed by atoms with van der Waals surface area (Å²) in [4.78, 5) is 0. The van der Waals surface area contributed by atoms with Gasteiger partial charge < -0.3 is 10.2 Å². The highest BCUT2D eigenvalue weighted by molar-refractivity contribution is 5.07. The van der Waals surface area contributed by atoms with E-state index in [1.54, 1.807) is 0 Å². The first kappa shape index (κ1) is 16.3. The predicted molar refractivity (Wildman–Crippen MR) is 78.8 cm³/mol. The van der Waals surface area contributed by atoms with Gasteiger partial charge >= 0.3 is 0 Å². The van der Waals surface area contributed by atoms with Crippen molar-refractivity contribution in [3.05, 3.63) is 0 Å². The molecule has 0 aromatic rings. The summed E-state index contributed by atoms with van der Waals surface area (Å²) in [5.74, 6) is 1.01. The zero-order valence-corrected chi connectivity index (χ0v) is 13.1. The molecular formula is C17H26N2O2. The fourth-order valence-corrected chi connectivity index (χ4v) is 4.24. The summed E-state index contributed by atoms with van der Waals surface area (Å²) in [5, 5.41) is 38.1. The van der Waals surface area contributed by atoms with Crippen molar-refractivity contribution in [1.82, 2.24) is 0 Å². The molecule has 0 aromatic carbocycles. The highest BCUT2D eigenvalue weighted by Crippen LogP contribution is 2.50. The van der Waals surface area contributed by atoms with Gasteiger partial charge in [0.15, 0.2) is 11.2 Å². The average molecular weight is 290 g/mol. The van der Waals surface area contributed by atoms with E-state index < -0.39 is 11.2 Å². The third-order valence-corrected chi connectivity index (χ3v) is 6.15. The molecule has 2 aliphatic rings. The molecule has 116 valence electrons. The second-order valence-corrected chi connectivity index (χ2v) is 7.66. The Kier molecular flexibility index (Phi) is 4.34. The fourth-order valence-electron chi connectivity index (χ4n) is 4.24. The number of aliphatic hydroxyl groups is 2. The first-order valence-corrected chi connectivity index (χ1v) is 8.02. The van der Waals surface area contributed by atoms with Gasteiger partial charge in [0.2, 0.25) is 0 Å². The summed E-state index contributed by atoms with van der Waals surface area (Å²) in [7, 11) is 0. The standard InChI is InChI=1S/C17H26N2O2/c1-15(2,13-3-7-16(20,11-18)8-4-13)14-5-9-17(21,12-19)10-6-14/h13-14,20-21H,3-10H2,1-2H3. The summed E-state index contributed by atoms with van der Waals surface area (Å²) in [6.45, 7) is 4.55. The maximum Gasteiger partial charge on any atom is 0.151 e. The van der Waals surface area contributed by atoms with E-state index in [1.807, 2.05) is 12.1 Å². The van der Waals surface area contributed by atoms with Crippen LogP contribution < -0.4 is 0 Å². The molecule has 0 aliphatic heterocycles. The lowest BCUT2D eigenvalue weighted by Gasteiger charge is -2.47. The van der Waals surface area contributed by atoms with Gasteiger partial charge in [-0.3, -0.25) is 0 Å². The highest BCUT2D eigenvalue weighted by Gasteiger charge is 2.45. The van der Waals surface area contributed by atoms with Crippen molar-refractivity contribution < 1.29 is 10.2 Å². The number of hydrogen-bond acceptors (Lipinski definition) is 4. The molecule has 0 bridgehead atoms. The van der Waals surface area contributed by atoms with Crippen molar-refractivity contribution in [2.24, 2.45) is 17.3 Å². The van der Waals surface area contributed by atoms with Gasteiger partial charge in [0.25, 0.3) is 0 Å². The first-order valence-electron chi connectivity index (χ1n) is 8.02. The molecule has 2 fully saturated rings. The molecule has 0 spiro atoms. The molecule has 2 rings (SSSR count). The molecule has 0 heterocycles. The van der Waals surface area contributed by atoms with Crippen molar-refractivity contribution >= 4 is 0 Å². The van der Waals surface area contributed by atoms with Crippen LogP contribution in [-0.2, 0) is 0 Å². The van der Waals surface area contributed by atoms with E-state index in [-0.39, 0.29) is 5.41 Å². The van der Waals surface area contributed by atoms with Gasteiger partial charge in [-0.2, -0.15) is 10.5 Å². The van der Waals surface area contributed by atoms with E-state index in [9.17, 15) is 10.2 Å². The number of nitriles is 2. The molecule has 0 atom stereocenters. The zero-order chi connectivity index (χ0) is 15.7. The van der Waals surface area contributed by atoms with Gasteiger partial charge in [0, 0.05) is 0 Å². The molecule has 21 heavy (non-hydrogen) atoms. The van der Waals surface area contributed by atoms with Crippen molar-refractivity contribution in [1.29, 1.82) is 10.5 Å². The number of hydrogen-bond donors (Lipinski definition) is 2. The van der Waals surface area contributed by atoms with E-state index >= 15 is 0 Å². The normalized spacial score (nSPS) is 41.0. The van der Waals surface area contributed by atoms with E-state index in [2.05, 4.69) is 13.8 Å². The van der Waals surface area contributed by atoms with Crippen LogP contribution >= 0.6 is 0 Å². The molecule has 4 nitrogen and oxygen atoms in total. The molecule has 4 heteroatoms. The van der Waals surface area contributed by atoms with Gasteiger partial charge in [0.1, 0.15) is 0 Å². The van der Waals surface area contributed by atoms with Crippen LogP contribution in [0.4, 0.5) is 0 Å². The molecule has 2 aliphatic carbocycles. The SMILES string of the molecule is CC(C)(C1CCC(O)(C#N)CC1)C1CCC(O)(C#N)CC1. The predicted octanol–water partition coefficient (Wildman–Crippen LogP) is 2.90. The van der Waals surface area contributed by atoms with Crippen LogP contribution in [0.1, 0.15) is 65.2 Å². The summed E-state index contributed by atoms with van der Waals surface area (Å²) < 4.78 is 0. The lowest BCUT2D eigenvalue weighted by atomic mass is 9.58. The second kappa shape index (κ2) is 5.59. The van der Waals surface area contributed by atoms with Crippen LogP contribution in [0, 0.1) is 39.9 Å². The topological polar surface area (TPSA) is 88.0 Å². The Bertz CT molecular complexity index is 414. The summed E-state index contributed by atoms with van der Waals surface area (Å²) in [6, 6.07) is 4.07. The fraction of sp³-hybridized carbons (Fsp3) is 0.882. The summed E-state index contributed by atoms with van der Waals surface area (Å²) in [6.07, 6.45) is 5.79. The number of nitrogens with zero attached hydrogens (tertiary/aromatic N) is 2. The molecule has 0 radical (unpaired) electrons. The van der Waals surface area contributed by atoms with Crippen LogP contribution in [-0.4, -0.2) is 21.4 Å². The van der Waals surface area contributed by atoms with E-state index in [0.717, 1.165) is 25.7 Å². The molecule has 2 N–H and O–H groups in total. The minimum atomic E-state index is -1.12. The van der Waals surface area contributed by atoms with Crippen LogP contribution in [0.2, 0.25) is 0 Å².